The van der Waals surface area contributed by atoms with Gasteiger partial charge in [0.15, 0.2) is 0 Å². The highest BCUT2D eigenvalue weighted by Crippen LogP contribution is 2.51. The van der Waals surface area contributed by atoms with Gasteiger partial charge in [-0.15, -0.1) is 0 Å². The minimum absolute atomic E-state index is 0.523. The van der Waals surface area contributed by atoms with E-state index in [-0.39, 0.29) is 0 Å². The molecule has 4 rings (SSSR count). The minimum atomic E-state index is -0.961. The average molecular weight is 449 g/mol. The van der Waals surface area contributed by atoms with Crippen molar-refractivity contribution in [2.24, 2.45) is 23.7 Å². The predicted octanol–water partition coefficient (Wildman–Crippen LogP) is 7.07. The molecule has 4 atom stereocenters. The number of benzene rings is 2. The van der Waals surface area contributed by atoms with Crippen LogP contribution < -0.4 is 4.74 Å². The van der Waals surface area contributed by atoms with Gasteiger partial charge in [0.25, 0.3) is 0 Å². The van der Waals surface area contributed by atoms with Gasteiger partial charge in [-0.1, -0.05) is 55.8 Å². The number of methoxy groups -OCH3 is 2. The maximum absolute atomic E-state index is 14.0. The van der Waals surface area contributed by atoms with Gasteiger partial charge in [-0.25, -0.2) is 4.79 Å². The summed E-state index contributed by atoms with van der Waals surface area (Å²) in [6.45, 7) is 4.76. The molecule has 2 fully saturated rings. The van der Waals surface area contributed by atoms with Gasteiger partial charge in [-0.3, -0.25) is 0 Å². The van der Waals surface area contributed by atoms with Crippen molar-refractivity contribution in [1.82, 2.24) is 0 Å². The summed E-state index contributed by atoms with van der Waals surface area (Å²) >= 11 is 0. The van der Waals surface area contributed by atoms with Crippen LogP contribution in [0.2, 0.25) is 0 Å². The number of carbonyl (C=O) groups excluding carboxylic acids is 1. The van der Waals surface area contributed by atoms with Gasteiger partial charge in [0.05, 0.1) is 14.2 Å². The molecular formula is C29H33FO3. The number of esters is 1. The molecule has 0 amide bonds. The Labute approximate surface area is 196 Å². The van der Waals surface area contributed by atoms with Gasteiger partial charge in [0.1, 0.15) is 5.75 Å². The lowest BCUT2D eigenvalue weighted by atomic mass is 9.61. The first kappa shape index (κ1) is 23.3. The fraction of sp³-hybridized carbons (Fsp3) is 0.414. The van der Waals surface area contributed by atoms with Crippen molar-refractivity contribution in [3.05, 3.63) is 76.6 Å². The van der Waals surface area contributed by atoms with Crippen molar-refractivity contribution in [1.29, 1.82) is 0 Å². The molecule has 0 spiro atoms. The number of allylic oxidation sites excluding steroid dienone is 1. The first-order valence-corrected chi connectivity index (χ1v) is 11.8. The van der Waals surface area contributed by atoms with Gasteiger partial charge in [-0.05, 0) is 89.8 Å². The summed E-state index contributed by atoms with van der Waals surface area (Å²) in [5, 5.41) is 0. The molecule has 2 aromatic rings. The normalized spacial score (nSPS) is 26.5. The van der Waals surface area contributed by atoms with E-state index in [0.717, 1.165) is 23.1 Å². The lowest BCUT2D eigenvalue weighted by molar-refractivity contribution is -0.137. The molecule has 33 heavy (non-hydrogen) atoms. The number of carbonyl (C=O) groups is 1. The van der Waals surface area contributed by atoms with E-state index < -0.39 is 11.8 Å². The lowest BCUT2D eigenvalue weighted by Gasteiger charge is -2.44. The second kappa shape index (κ2) is 9.94. The molecule has 0 saturated heterocycles. The third-order valence-electron chi connectivity index (χ3n) is 7.24. The van der Waals surface area contributed by atoms with E-state index in [1.165, 1.54) is 50.0 Å². The van der Waals surface area contributed by atoms with Crippen molar-refractivity contribution in [3.63, 3.8) is 0 Å². The second-order valence-electron chi connectivity index (χ2n) is 9.68. The van der Waals surface area contributed by atoms with E-state index in [9.17, 15) is 9.18 Å². The topological polar surface area (TPSA) is 35.5 Å². The summed E-state index contributed by atoms with van der Waals surface area (Å²) in [5.41, 5.74) is 5.76. The van der Waals surface area contributed by atoms with Gasteiger partial charge in [0.2, 0.25) is 5.83 Å². The molecule has 2 aliphatic carbocycles. The van der Waals surface area contributed by atoms with Gasteiger partial charge in [-0.2, -0.15) is 4.39 Å². The average Bonchev–Trinajstić information content (AvgIpc) is 2.81. The maximum atomic E-state index is 14.0. The molecule has 2 bridgehead atoms. The number of hydrogen-bond donors (Lipinski definition) is 0. The summed E-state index contributed by atoms with van der Waals surface area (Å²) in [4.78, 5) is 11.4. The second-order valence-corrected chi connectivity index (χ2v) is 9.68. The highest BCUT2D eigenvalue weighted by molar-refractivity contribution is 5.91. The van der Waals surface area contributed by atoms with Gasteiger partial charge < -0.3 is 9.47 Å². The molecule has 2 aromatic carbocycles. The zero-order chi connectivity index (χ0) is 23.5. The summed E-state index contributed by atoms with van der Waals surface area (Å²) in [6, 6.07) is 16.1. The Morgan fingerprint density at radius 2 is 1.55 bits per heavy atom. The van der Waals surface area contributed by atoms with Crippen molar-refractivity contribution in [3.8, 4) is 5.75 Å². The number of ether oxygens (including phenoxy) is 2. The lowest BCUT2D eigenvalue weighted by Crippen LogP contribution is -2.32. The Kier molecular flexibility index (Phi) is 7.02. The van der Waals surface area contributed by atoms with Crippen molar-refractivity contribution in [2.75, 3.05) is 14.2 Å². The minimum Gasteiger partial charge on any atom is -0.497 e. The SMILES string of the molecule is COC(=O)/C(F)=C/c1ccc(/C(=C2/C(C)CC3CC(C)CC2C3)c2ccc(OC)cc2)cc1. The first-order chi connectivity index (χ1) is 15.9. The molecule has 2 aliphatic rings. The van der Waals surface area contributed by atoms with Crippen LogP contribution >= 0.6 is 0 Å². The Morgan fingerprint density at radius 1 is 0.909 bits per heavy atom. The molecule has 0 aromatic heterocycles. The van der Waals surface area contributed by atoms with Gasteiger partial charge >= 0.3 is 5.97 Å². The summed E-state index contributed by atoms with van der Waals surface area (Å²) in [7, 11) is 2.86. The Bertz CT molecular complexity index is 1050. The van der Waals surface area contributed by atoms with E-state index >= 15 is 0 Å². The third kappa shape index (κ3) is 5.05. The fourth-order valence-electron chi connectivity index (χ4n) is 5.98. The molecule has 0 N–H and O–H groups in total. The number of rotatable bonds is 5. The molecule has 2 saturated carbocycles. The smallest absolute Gasteiger partial charge is 0.366 e. The summed E-state index contributed by atoms with van der Waals surface area (Å²) in [5.74, 6) is 1.67. The van der Waals surface area contributed by atoms with Crippen LogP contribution in [-0.4, -0.2) is 20.2 Å². The van der Waals surface area contributed by atoms with Crippen LogP contribution in [0.3, 0.4) is 0 Å². The largest absolute Gasteiger partial charge is 0.497 e. The van der Waals surface area contributed by atoms with E-state index in [1.807, 2.05) is 36.4 Å². The standard InChI is InChI=1S/C29H33FO3/c1-18-13-21-15-19(2)27(24(14-18)16-21)28(23-9-11-25(32-3)12-10-23)22-7-5-20(6-8-22)17-26(30)29(31)33-4/h5-12,17-19,21,24H,13-16H2,1-4H3/b26-17-,28-27+. The Hall–Kier alpha value is -2.88. The van der Waals surface area contributed by atoms with Crippen LogP contribution in [0, 0.1) is 23.7 Å². The quantitative estimate of drug-likeness (QED) is 0.362. The molecule has 4 heteroatoms. The van der Waals surface area contributed by atoms with Crippen LogP contribution in [0.15, 0.2) is 59.9 Å². The van der Waals surface area contributed by atoms with E-state index in [1.54, 1.807) is 12.7 Å². The fourth-order valence-corrected chi connectivity index (χ4v) is 5.98. The van der Waals surface area contributed by atoms with Crippen molar-refractivity contribution >= 4 is 17.6 Å². The number of hydrogen-bond acceptors (Lipinski definition) is 3. The first-order valence-electron chi connectivity index (χ1n) is 11.8. The number of halogens is 1. The van der Waals surface area contributed by atoms with Crippen LogP contribution in [0.1, 0.15) is 56.2 Å². The monoisotopic (exact) mass is 448 g/mol. The zero-order valence-corrected chi connectivity index (χ0v) is 19.9. The molecule has 0 radical (unpaired) electrons. The molecule has 0 heterocycles. The molecule has 3 nitrogen and oxygen atoms in total. The van der Waals surface area contributed by atoms with Crippen molar-refractivity contribution < 1.29 is 18.7 Å². The van der Waals surface area contributed by atoms with Gasteiger partial charge in [0, 0.05) is 0 Å². The molecule has 4 unspecified atom stereocenters. The third-order valence-corrected chi connectivity index (χ3v) is 7.24. The van der Waals surface area contributed by atoms with Crippen LogP contribution in [0.4, 0.5) is 4.39 Å². The van der Waals surface area contributed by atoms with E-state index in [0.29, 0.717) is 17.4 Å². The summed E-state index contributed by atoms with van der Waals surface area (Å²) in [6.07, 6.45) is 6.31. The Balaban J connectivity index is 1.80. The van der Waals surface area contributed by atoms with E-state index in [4.69, 9.17) is 4.74 Å². The highest BCUT2D eigenvalue weighted by atomic mass is 19.1. The van der Waals surface area contributed by atoms with Crippen LogP contribution in [0.25, 0.3) is 11.6 Å². The zero-order valence-electron chi connectivity index (χ0n) is 19.9. The van der Waals surface area contributed by atoms with Crippen LogP contribution in [0.5, 0.6) is 5.75 Å². The van der Waals surface area contributed by atoms with Crippen LogP contribution in [-0.2, 0) is 9.53 Å². The highest BCUT2D eigenvalue weighted by Gasteiger charge is 2.38. The Morgan fingerprint density at radius 3 is 2.15 bits per heavy atom. The van der Waals surface area contributed by atoms with E-state index in [2.05, 4.69) is 30.7 Å². The van der Waals surface area contributed by atoms with Crippen molar-refractivity contribution in [2.45, 2.75) is 39.5 Å². The molecule has 174 valence electrons. The number of fused-ring (bicyclic) bond motifs is 2. The maximum Gasteiger partial charge on any atom is 0.366 e. The summed E-state index contributed by atoms with van der Waals surface area (Å²) < 4.78 is 23.8. The predicted molar refractivity (Wildman–Crippen MR) is 130 cm³/mol. The molecular weight excluding hydrogens is 415 g/mol. The molecule has 0 aliphatic heterocycles.